The highest BCUT2D eigenvalue weighted by atomic mass is 35.5. The average molecular weight is 369 g/mol. The summed E-state index contributed by atoms with van der Waals surface area (Å²) in [5, 5.41) is 15.0. The van der Waals surface area contributed by atoms with Gasteiger partial charge < -0.3 is 15.4 Å². The predicted octanol–water partition coefficient (Wildman–Crippen LogP) is 2.81. The molecule has 0 unspecified atom stereocenters. The van der Waals surface area contributed by atoms with Crippen LogP contribution in [-0.2, 0) is 11.2 Å². The van der Waals surface area contributed by atoms with E-state index in [9.17, 15) is 4.79 Å². The van der Waals surface area contributed by atoms with E-state index in [1.165, 1.54) is 0 Å². The number of methoxy groups -OCH3 is 1. The number of carbonyl (C=O) groups excluding carboxylic acids is 1. The van der Waals surface area contributed by atoms with Crippen LogP contribution in [0.2, 0.25) is 10.0 Å². The Morgan fingerprint density at radius 1 is 1.17 bits per heavy atom. The standard InChI is InChI=1S/C16H18Cl2N4O2/c1-24-9-8-20-16(23)14-4-5-15(22-21-14)19-7-6-11-2-3-12(17)10-13(11)18/h2-5,10H,6-9H2,1H3,(H,19,22)(H,20,23). The molecule has 8 heteroatoms. The minimum Gasteiger partial charge on any atom is -0.383 e. The molecule has 2 N–H and O–H groups in total. The van der Waals surface area contributed by atoms with Crippen LogP contribution in [0, 0.1) is 0 Å². The summed E-state index contributed by atoms with van der Waals surface area (Å²) in [6.45, 7) is 1.51. The van der Waals surface area contributed by atoms with Crippen molar-refractivity contribution in [1.29, 1.82) is 0 Å². The van der Waals surface area contributed by atoms with Crippen molar-refractivity contribution in [3.05, 3.63) is 51.6 Å². The molecular weight excluding hydrogens is 351 g/mol. The zero-order valence-electron chi connectivity index (χ0n) is 13.2. The van der Waals surface area contributed by atoms with E-state index in [0.717, 1.165) is 12.0 Å². The molecule has 0 bridgehead atoms. The zero-order valence-corrected chi connectivity index (χ0v) is 14.7. The molecule has 24 heavy (non-hydrogen) atoms. The number of rotatable bonds is 8. The first-order valence-corrected chi connectivity index (χ1v) is 8.14. The van der Waals surface area contributed by atoms with Crippen molar-refractivity contribution in [1.82, 2.24) is 15.5 Å². The number of benzene rings is 1. The van der Waals surface area contributed by atoms with Gasteiger partial charge in [-0.3, -0.25) is 4.79 Å². The molecular formula is C16H18Cl2N4O2. The first-order valence-electron chi connectivity index (χ1n) is 7.39. The third-order valence-electron chi connectivity index (χ3n) is 3.20. The van der Waals surface area contributed by atoms with Crippen LogP contribution in [0.3, 0.4) is 0 Å². The highest BCUT2D eigenvalue weighted by molar-refractivity contribution is 6.35. The highest BCUT2D eigenvalue weighted by Gasteiger charge is 2.07. The molecule has 0 saturated carbocycles. The Balaban J connectivity index is 1.82. The Hall–Kier alpha value is -1.89. The summed E-state index contributed by atoms with van der Waals surface area (Å²) in [6, 6.07) is 8.74. The number of amides is 1. The van der Waals surface area contributed by atoms with Gasteiger partial charge in [0.2, 0.25) is 0 Å². The molecule has 1 heterocycles. The van der Waals surface area contributed by atoms with E-state index in [0.29, 0.717) is 35.6 Å². The molecule has 2 aromatic rings. The summed E-state index contributed by atoms with van der Waals surface area (Å²) in [5.41, 5.74) is 1.26. The maximum atomic E-state index is 11.8. The molecule has 0 radical (unpaired) electrons. The normalized spacial score (nSPS) is 10.5. The first-order chi connectivity index (χ1) is 11.6. The fourth-order valence-corrected chi connectivity index (χ4v) is 2.46. The maximum absolute atomic E-state index is 11.8. The topological polar surface area (TPSA) is 76.1 Å². The van der Waals surface area contributed by atoms with Crippen molar-refractivity contribution < 1.29 is 9.53 Å². The number of halogens is 2. The molecule has 0 saturated heterocycles. The number of hydrogen-bond acceptors (Lipinski definition) is 5. The summed E-state index contributed by atoms with van der Waals surface area (Å²) in [4.78, 5) is 11.8. The second kappa shape index (κ2) is 9.42. The van der Waals surface area contributed by atoms with Gasteiger partial charge in [-0.25, -0.2) is 0 Å². The molecule has 128 valence electrons. The predicted molar refractivity (Wildman–Crippen MR) is 94.9 cm³/mol. The fourth-order valence-electron chi connectivity index (χ4n) is 1.95. The van der Waals surface area contributed by atoms with Gasteiger partial charge in [0.05, 0.1) is 6.61 Å². The molecule has 0 spiro atoms. The van der Waals surface area contributed by atoms with E-state index in [-0.39, 0.29) is 11.6 Å². The van der Waals surface area contributed by atoms with Crippen LogP contribution in [-0.4, -0.2) is 42.9 Å². The van der Waals surface area contributed by atoms with Gasteiger partial charge in [0.15, 0.2) is 5.69 Å². The number of aromatic nitrogens is 2. The van der Waals surface area contributed by atoms with Gasteiger partial charge in [0.1, 0.15) is 5.82 Å². The SMILES string of the molecule is COCCNC(=O)c1ccc(NCCc2ccc(Cl)cc2Cl)nn1. The summed E-state index contributed by atoms with van der Waals surface area (Å²) >= 11 is 12.0. The first kappa shape index (κ1) is 18.4. The Labute approximate surface area is 150 Å². The molecule has 6 nitrogen and oxygen atoms in total. The van der Waals surface area contributed by atoms with Crippen molar-refractivity contribution in [2.45, 2.75) is 6.42 Å². The Morgan fingerprint density at radius 3 is 2.67 bits per heavy atom. The molecule has 0 aliphatic heterocycles. The van der Waals surface area contributed by atoms with Crippen molar-refractivity contribution >= 4 is 34.9 Å². The van der Waals surface area contributed by atoms with Crippen molar-refractivity contribution in [3.63, 3.8) is 0 Å². The molecule has 1 aromatic heterocycles. The second-order valence-corrected chi connectivity index (χ2v) is 5.81. The Morgan fingerprint density at radius 2 is 2.00 bits per heavy atom. The fraction of sp³-hybridized carbons (Fsp3) is 0.312. The molecule has 0 aliphatic rings. The highest BCUT2D eigenvalue weighted by Crippen LogP contribution is 2.21. The molecule has 0 atom stereocenters. The van der Waals surface area contributed by atoms with E-state index in [1.807, 2.05) is 6.07 Å². The third-order valence-corrected chi connectivity index (χ3v) is 3.79. The quantitative estimate of drug-likeness (QED) is 0.700. The molecule has 1 aromatic carbocycles. The summed E-state index contributed by atoms with van der Waals surface area (Å²) in [6.07, 6.45) is 0.719. The lowest BCUT2D eigenvalue weighted by Gasteiger charge is -2.08. The van der Waals surface area contributed by atoms with Crippen LogP contribution in [0.1, 0.15) is 16.1 Å². The minimum absolute atomic E-state index is 0.261. The van der Waals surface area contributed by atoms with Gasteiger partial charge in [0.25, 0.3) is 5.91 Å². The van der Waals surface area contributed by atoms with Crippen molar-refractivity contribution in [2.24, 2.45) is 0 Å². The number of hydrogen-bond donors (Lipinski definition) is 2. The number of anilines is 1. The Bertz CT molecular complexity index is 680. The molecule has 2 rings (SSSR count). The lowest BCUT2D eigenvalue weighted by molar-refractivity contribution is 0.0931. The number of nitrogens with one attached hydrogen (secondary N) is 2. The van der Waals surface area contributed by atoms with Crippen LogP contribution in [0.15, 0.2) is 30.3 Å². The van der Waals surface area contributed by atoms with Gasteiger partial charge in [-0.15, -0.1) is 10.2 Å². The monoisotopic (exact) mass is 368 g/mol. The number of ether oxygens (including phenoxy) is 1. The smallest absolute Gasteiger partial charge is 0.271 e. The molecule has 1 amide bonds. The lowest BCUT2D eigenvalue weighted by Crippen LogP contribution is -2.28. The summed E-state index contributed by atoms with van der Waals surface area (Å²) in [5.74, 6) is 0.313. The van der Waals surface area contributed by atoms with E-state index >= 15 is 0 Å². The average Bonchev–Trinajstić information content (AvgIpc) is 2.57. The van der Waals surface area contributed by atoms with E-state index < -0.39 is 0 Å². The zero-order chi connectivity index (χ0) is 17.4. The van der Waals surface area contributed by atoms with E-state index in [2.05, 4.69) is 20.8 Å². The molecule has 0 aliphatic carbocycles. The molecule has 0 fully saturated rings. The lowest BCUT2D eigenvalue weighted by atomic mass is 10.1. The van der Waals surface area contributed by atoms with Crippen LogP contribution < -0.4 is 10.6 Å². The second-order valence-electron chi connectivity index (χ2n) is 4.97. The maximum Gasteiger partial charge on any atom is 0.271 e. The summed E-state index contributed by atoms with van der Waals surface area (Å²) < 4.78 is 4.87. The van der Waals surface area contributed by atoms with Crippen LogP contribution in [0.5, 0.6) is 0 Å². The van der Waals surface area contributed by atoms with Gasteiger partial charge in [-0.1, -0.05) is 29.3 Å². The van der Waals surface area contributed by atoms with E-state index in [1.54, 1.807) is 31.4 Å². The third kappa shape index (κ3) is 5.63. The minimum atomic E-state index is -0.279. The van der Waals surface area contributed by atoms with Crippen LogP contribution in [0.25, 0.3) is 0 Å². The van der Waals surface area contributed by atoms with Gasteiger partial charge in [0, 0.05) is 30.2 Å². The van der Waals surface area contributed by atoms with E-state index in [4.69, 9.17) is 27.9 Å². The van der Waals surface area contributed by atoms with Crippen molar-refractivity contribution in [3.8, 4) is 0 Å². The van der Waals surface area contributed by atoms with Gasteiger partial charge >= 0.3 is 0 Å². The van der Waals surface area contributed by atoms with Crippen molar-refractivity contribution in [2.75, 3.05) is 32.1 Å². The Kier molecular flexibility index (Phi) is 7.24. The number of nitrogens with zero attached hydrogens (tertiary/aromatic N) is 2. The summed E-state index contributed by atoms with van der Waals surface area (Å²) in [7, 11) is 1.57. The van der Waals surface area contributed by atoms with Crippen LogP contribution in [0.4, 0.5) is 5.82 Å². The largest absolute Gasteiger partial charge is 0.383 e. The van der Waals surface area contributed by atoms with Gasteiger partial charge in [-0.05, 0) is 36.2 Å². The van der Waals surface area contributed by atoms with Crippen LogP contribution >= 0.6 is 23.2 Å². The van der Waals surface area contributed by atoms with Gasteiger partial charge in [-0.2, -0.15) is 0 Å². The number of carbonyl (C=O) groups is 1.